The van der Waals surface area contributed by atoms with E-state index in [-0.39, 0.29) is 24.2 Å². The summed E-state index contributed by atoms with van der Waals surface area (Å²) >= 11 is 0. The average Bonchev–Trinajstić information content (AvgIpc) is 3.10. The number of ether oxygens (including phenoxy) is 1. The summed E-state index contributed by atoms with van der Waals surface area (Å²) in [6, 6.07) is 16.9. The van der Waals surface area contributed by atoms with Crippen LogP contribution >= 0.6 is 0 Å². The maximum Gasteiger partial charge on any atom is 0.322 e. The smallest absolute Gasteiger partial charge is 0.322 e. The Morgan fingerprint density at radius 1 is 1.03 bits per heavy atom. The van der Waals surface area contributed by atoms with E-state index in [1.165, 1.54) is 0 Å². The largest absolute Gasteiger partial charge is 0.424 e. The molecule has 1 saturated heterocycles. The normalized spacial score (nSPS) is 15.8. The van der Waals surface area contributed by atoms with E-state index in [0.29, 0.717) is 18.0 Å². The van der Waals surface area contributed by atoms with Crippen molar-refractivity contribution in [2.24, 2.45) is 5.92 Å². The summed E-state index contributed by atoms with van der Waals surface area (Å²) in [7, 11) is 0. The molecule has 1 aliphatic heterocycles. The molecule has 7 heteroatoms. The van der Waals surface area contributed by atoms with Gasteiger partial charge in [-0.25, -0.2) is 9.97 Å². The van der Waals surface area contributed by atoms with E-state index in [4.69, 9.17) is 4.74 Å². The molecule has 1 unspecified atom stereocenters. The first-order valence-electron chi connectivity index (χ1n) is 10.2. The summed E-state index contributed by atoms with van der Waals surface area (Å²) in [4.78, 5) is 35.5. The molecule has 3 aromatic rings. The van der Waals surface area contributed by atoms with E-state index in [2.05, 4.69) is 15.3 Å². The molecule has 4 rings (SSSR count). The van der Waals surface area contributed by atoms with Crippen LogP contribution in [0.1, 0.15) is 23.4 Å². The molecule has 0 saturated carbocycles. The van der Waals surface area contributed by atoms with Gasteiger partial charge in [-0.15, -0.1) is 0 Å². The second-order valence-corrected chi connectivity index (χ2v) is 7.79. The number of amides is 2. The number of aryl methyl sites for hydroxylation is 3. The molecule has 7 nitrogen and oxygen atoms in total. The van der Waals surface area contributed by atoms with Crippen LogP contribution in [0.25, 0.3) is 0 Å². The number of hydrogen-bond acceptors (Lipinski definition) is 5. The van der Waals surface area contributed by atoms with Crippen molar-refractivity contribution in [3.05, 3.63) is 71.5 Å². The van der Waals surface area contributed by atoms with Crippen LogP contribution in [0.4, 0.5) is 11.4 Å². The monoisotopic (exact) mass is 416 g/mol. The molecule has 2 heterocycles. The second kappa shape index (κ2) is 8.55. The Kier molecular flexibility index (Phi) is 5.66. The predicted octanol–water partition coefficient (Wildman–Crippen LogP) is 4.19. The van der Waals surface area contributed by atoms with Gasteiger partial charge in [-0.05, 0) is 51.1 Å². The fourth-order valence-corrected chi connectivity index (χ4v) is 3.58. The molecular formula is C24H24N4O3. The molecule has 31 heavy (non-hydrogen) atoms. The fraction of sp³-hybridized carbons (Fsp3) is 0.250. The maximum atomic E-state index is 12.8. The van der Waals surface area contributed by atoms with Crippen LogP contribution in [0, 0.1) is 26.7 Å². The Hall–Kier alpha value is -3.74. The summed E-state index contributed by atoms with van der Waals surface area (Å²) in [5.74, 6) is -0.136. The van der Waals surface area contributed by atoms with Gasteiger partial charge in [0.05, 0.1) is 5.92 Å². The van der Waals surface area contributed by atoms with Crippen LogP contribution in [-0.2, 0) is 9.59 Å². The standard InChI is InChI=1S/C24H24N4O3/c1-15-7-9-20(10-8-15)28-14-18(12-22(28)29)23(30)27-19-5-4-6-21(13-19)31-24-25-16(2)11-17(3)26-24/h4-11,13,18H,12,14H2,1-3H3,(H,27,30). The van der Waals surface area contributed by atoms with Crippen molar-refractivity contribution in [1.82, 2.24) is 9.97 Å². The first kappa shape index (κ1) is 20.5. The zero-order valence-corrected chi connectivity index (χ0v) is 17.8. The van der Waals surface area contributed by atoms with Gasteiger partial charge in [-0.2, -0.15) is 0 Å². The third kappa shape index (κ3) is 4.88. The lowest BCUT2D eigenvalue weighted by atomic mass is 10.1. The quantitative estimate of drug-likeness (QED) is 0.674. The highest BCUT2D eigenvalue weighted by molar-refractivity contribution is 6.03. The number of carbonyl (C=O) groups excluding carboxylic acids is 2. The predicted molar refractivity (Wildman–Crippen MR) is 118 cm³/mol. The van der Waals surface area contributed by atoms with Crippen LogP contribution in [0.5, 0.6) is 11.8 Å². The highest BCUT2D eigenvalue weighted by atomic mass is 16.5. The maximum absolute atomic E-state index is 12.8. The first-order valence-corrected chi connectivity index (χ1v) is 10.2. The van der Waals surface area contributed by atoms with Gasteiger partial charge in [0, 0.05) is 41.8 Å². The van der Waals surface area contributed by atoms with Crippen LogP contribution in [0.2, 0.25) is 0 Å². The second-order valence-electron chi connectivity index (χ2n) is 7.79. The molecule has 0 spiro atoms. The number of anilines is 2. The van der Waals surface area contributed by atoms with Crippen molar-refractivity contribution in [1.29, 1.82) is 0 Å². The van der Waals surface area contributed by atoms with Gasteiger partial charge in [-0.1, -0.05) is 23.8 Å². The molecule has 0 aliphatic carbocycles. The Labute approximate surface area is 181 Å². The van der Waals surface area contributed by atoms with Crippen LogP contribution in [0.3, 0.4) is 0 Å². The number of benzene rings is 2. The van der Waals surface area contributed by atoms with Crippen molar-refractivity contribution in [2.75, 3.05) is 16.8 Å². The van der Waals surface area contributed by atoms with Crippen molar-refractivity contribution >= 4 is 23.2 Å². The molecule has 0 radical (unpaired) electrons. The molecule has 2 amide bonds. The Morgan fingerprint density at radius 3 is 2.45 bits per heavy atom. The van der Waals surface area contributed by atoms with E-state index in [1.54, 1.807) is 29.2 Å². The molecule has 1 aliphatic rings. The molecule has 1 fully saturated rings. The van der Waals surface area contributed by atoms with Crippen molar-refractivity contribution in [2.45, 2.75) is 27.2 Å². The summed E-state index contributed by atoms with van der Waals surface area (Å²) in [6.07, 6.45) is 0.187. The van der Waals surface area contributed by atoms with Crippen molar-refractivity contribution in [3.8, 4) is 11.8 Å². The van der Waals surface area contributed by atoms with E-state index in [0.717, 1.165) is 22.6 Å². The zero-order chi connectivity index (χ0) is 22.0. The number of aromatic nitrogens is 2. The lowest BCUT2D eigenvalue weighted by Gasteiger charge is -2.17. The van der Waals surface area contributed by atoms with Crippen molar-refractivity contribution in [3.63, 3.8) is 0 Å². The summed E-state index contributed by atoms with van der Waals surface area (Å²) in [5.41, 5.74) is 4.16. The molecule has 1 atom stereocenters. The first-order chi connectivity index (χ1) is 14.9. The number of rotatable bonds is 5. The fourth-order valence-electron chi connectivity index (χ4n) is 3.58. The van der Waals surface area contributed by atoms with Crippen LogP contribution in [-0.4, -0.2) is 28.3 Å². The van der Waals surface area contributed by atoms with E-state index < -0.39 is 5.92 Å². The summed E-state index contributed by atoms with van der Waals surface area (Å²) in [5, 5.41) is 2.90. The molecule has 0 bridgehead atoms. The lowest BCUT2D eigenvalue weighted by molar-refractivity contribution is -0.122. The van der Waals surface area contributed by atoms with Gasteiger partial charge in [0.15, 0.2) is 0 Å². The molecular weight excluding hydrogens is 392 g/mol. The van der Waals surface area contributed by atoms with Gasteiger partial charge in [-0.3, -0.25) is 9.59 Å². The Morgan fingerprint density at radius 2 is 1.74 bits per heavy atom. The third-order valence-corrected chi connectivity index (χ3v) is 5.11. The van der Waals surface area contributed by atoms with Gasteiger partial charge >= 0.3 is 6.01 Å². The van der Waals surface area contributed by atoms with Gasteiger partial charge < -0.3 is 15.0 Å². The number of hydrogen-bond donors (Lipinski definition) is 1. The summed E-state index contributed by atoms with van der Waals surface area (Å²) in [6.45, 7) is 6.11. The molecule has 1 N–H and O–H groups in total. The average molecular weight is 416 g/mol. The topological polar surface area (TPSA) is 84.4 Å². The van der Waals surface area contributed by atoms with Gasteiger partial charge in [0.25, 0.3) is 0 Å². The minimum absolute atomic E-state index is 0.0481. The Bertz CT molecular complexity index is 1110. The van der Waals surface area contributed by atoms with E-state index >= 15 is 0 Å². The number of nitrogens with zero attached hydrogens (tertiary/aromatic N) is 3. The van der Waals surface area contributed by atoms with Gasteiger partial charge in [0.1, 0.15) is 5.75 Å². The highest BCUT2D eigenvalue weighted by Gasteiger charge is 2.35. The molecule has 158 valence electrons. The highest BCUT2D eigenvalue weighted by Crippen LogP contribution is 2.27. The minimum Gasteiger partial charge on any atom is -0.424 e. The Balaban J connectivity index is 1.42. The van der Waals surface area contributed by atoms with Gasteiger partial charge in [0.2, 0.25) is 11.8 Å². The number of carbonyl (C=O) groups is 2. The lowest BCUT2D eigenvalue weighted by Crippen LogP contribution is -2.28. The minimum atomic E-state index is -0.416. The van der Waals surface area contributed by atoms with Crippen LogP contribution < -0.4 is 15.0 Å². The zero-order valence-electron chi connectivity index (χ0n) is 17.8. The summed E-state index contributed by atoms with van der Waals surface area (Å²) < 4.78 is 5.75. The van der Waals surface area contributed by atoms with Crippen molar-refractivity contribution < 1.29 is 14.3 Å². The number of nitrogens with one attached hydrogen (secondary N) is 1. The third-order valence-electron chi connectivity index (χ3n) is 5.11. The molecule has 1 aromatic heterocycles. The molecule has 2 aromatic carbocycles. The SMILES string of the molecule is Cc1ccc(N2CC(C(=O)Nc3cccc(Oc4nc(C)cc(C)n4)c3)CC2=O)cc1. The van der Waals surface area contributed by atoms with E-state index in [9.17, 15) is 9.59 Å². The van der Waals surface area contributed by atoms with Crippen LogP contribution in [0.15, 0.2) is 54.6 Å². The van der Waals surface area contributed by atoms with E-state index in [1.807, 2.05) is 51.1 Å².